The summed E-state index contributed by atoms with van der Waals surface area (Å²) in [5.74, 6) is 0. The number of rotatable bonds is 4. The Labute approximate surface area is 164 Å². The van der Waals surface area contributed by atoms with Crippen molar-refractivity contribution < 1.29 is 19.1 Å². The van der Waals surface area contributed by atoms with Crippen LogP contribution in [-0.4, -0.2) is 36.0 Å². The molecule has 0 bridgehead atoms. The minimum absolute atomic E-state index is 0.0545. The summed E-state index contributed by atoms with van der Waals surface area (Å²) < 4.78 is 10.4. The van der Waals surface area contributed by atoms with Gasteiger partial charge in [0.15, 0.2) is 5.54 Å². The molecule has 8 nitrogen and oxygen atoms in total. The van der Waals surface area contributed by atoms with E-state index in [4.69, 9.17) is 9.47 Å². The Morgan fingerprint density at radius 1 is 0.964 bits per heavy atom. The maximum atomic E-state index is 13.0. The molecule has 8 heteroatoms. The van der Waals surface area contributed by atoms with Crippen molar-refractivity contribution in [2.75, 3.05) is 18.1 Å². The second-order valence-electron chi connectivity index (χ2n) is 6.19. The van der Waals surface area contributed by atoms with Gasteiger partial charge in [-0.2, -0.15) is 10.5 Å². The molecule has 0 aromatic heterocycles. The Kier molecular flexibility index (Phi) is 6.15. The lowest BCUT2D eigenvalue weighted by Crippen LogP contribution is -2.72. The fourth-order valence-corrected chi connectivity index (χ4v) is 3.72. The van der Waals surface area contributed by atoms with Crippen LogP contribution in [0.3, 0.4) is 0 Å². The number of hydrogen-bond acceptors (Lipinski definition) is 6. The van der Waals surface area contributed by atoms with Gasteiger partial charge in [0.05, 0.1) is 25.0 Å². The van der Waals surface area contributed by atoms with Crippen LogP contribution in [0.5, 0.6) is 0 Å². The topological polar surface area (TPSA) is 107 Å². The zero-order chi connectivity index (χ0) is 20.9. The Bertz CT molecular complexity index is 843. The molecule has 1 aromatic carbocycles. The molecule has 28 heavy (non-hydrogen) atoms. The maximum absolute atomic E-state index is 13.0. The number of carbonyl (C=O) groups excluding carboxylic acids is 2. The highest BCUT2D eigenvalue weighted by atomic mass is 16.6. The van der Waals surface area contributed by atoms with Crippen molar-refractivity contribution in [2.45, 2.75) is 51.7 Å². The van der Waals surface area contributed by atoms with E-state index >= 15 is 0 Å². The quantitative estimate of drug-likeness (QED) is 0.780. The highest BCUT2D eigenvalue weighted by Crippen LogP contribution is 2.50. The second kappa shape index (κ2) is 8.18. The number of nitriles is 2. The first kappa shape index (κ1) is 21.0. The van der Waals surface area contributed by atoms with Crippen LogP contribution in [0.2, 0.25) is 0 Å². The van der Waals surface area contributed by atoms with Crippen LogP contribution in [0, 0.1) is 22.7 Å². The third-order valence-electron chi connectivity index (χ3n) is 4.98. The van der Waals surface area contributed by atoms with Gasteiger partial charge in [-0.1, -0.05) is 32.0 Å². The van der Waals surface area contributed by atoms with Crippen LogP contribution in [-0.2, 0) is 15.0 Å². The van der Waals surface area contributed by atoms with Gasteiger partial charge in [0, 0.05) is 12.0 Å². The molecule has 1 aliphatic heterocycles. The monoisotopic (exact) mass is 384 g/mol. The van der Waals surface area contributed by atoms with E-state index in [1.807, 2.05) is 0 Å². The summed E-state index contributed by atoms with van der Waals surface area (Å²) in [6.07, 6.45) is -1.34. The number of fused-ring (bicyclic) bond motifs is 1. The van der Waals surface area contributed by atoms with Crippen molar-refractivity contribution in [3.63, 3.8) is 0 Å². The van der Waals surface area contributed by atoms with Crippen LogP contribution in [0.15, 0.2) is 24.3 Å². The number of carbonyl (C=O) groups is 2. The van der Waals surface area contributed by atoms with E-state index in [1.165, 1.54) is 0 Å². The van der Waals surface area contributed by atoms with Crippen LogP contribution in [0.25, 0.3) is 0 Å². The molecule has 2 unspecified atom stereocenters. The first-order valence-electron chi connectivity index (χ1n) is 9.30. The molecule has 0 aliphatic carbocycles. The van der Waals surface area contributed by atoms with E-state index in [9.17, 15) is 20.1 Å². The normalized spacial score (nSPS) is 23.2. The van der Waals surface area contributed by atoms with E-state index in [1.54, 1.807) is 52.0 Å². The number of nitrogens with zero attached hydrogens (tertiary/aromatic N) is 4. The largest absolute Gasteiger partial charge is 0.450 e. The number of benzene rings is 1. The van der Waals surface area contributed by atoms with Gasteiger partial charge in [-0.3, -0.25) is 0 Å². The van der Waals surface area contributed by atoms with Crippen molar-refractivity contribution in [2.24, 2.45) is 0 Å². The summed E-state index contributed by atoms with van der Waals surface area (Å²) in [5, 5.41) is 20.4. The standard InChI is InChI=1S/C20H24N4O4/c1-5-19(13-21)15-11-9-10-12-16(15)23(17(25)27-7-3)20(6-2,14-22)24(19)18(26)28-8-4/h9-12H,5-8H2,1-4H3. The number of hydrogen-bond donors (Lipinski definition) is 0. The minimum Gasteiger partial charge on any atom is -0.450 e. The molecule has 1 heterocycles. The second-order valence-corrected chi connectivity index (χ2v) is 6.19. The van der Waals surface area contributed by atoms with E-state index in [-0.39, 0.29) is 26.1 Å². The molecule has 0 saturated carbocycles. The zero-order valence-corrected chi connectivity index (χ0v) is 16.6. The smallest absolute Gasteiger partial charge is 0.417 e. The summed E-state index contributed by atoms with van der Waals surface area (Å²) in [4.78, 5) is 28.2. The van der Waals surface area contributed by atoms with Crippen LogP contribution >= 0.6 is 0 Å². The highest BCUT2D eigenvalue weighted by Gasteiger charge is 2.62. The number of ether oxygens (including phenoxy) is 2. The third kappa shape index (κ3) is 2.82. The first-order valence-corrected chi connectivity index (χ1v) is 9.30. The summed E-state index contributed by atoms with van der Waals surface area (Å²) in [6, 6.07) is 11.1. The maximum Gasteiger partial charge on any atom is 0.417 e. The Morgan fingerprint density at radius 3 is 2.07 bits per heavy atom. The number of para-hydroxylation sites is 1. The molecule has 1 aromatic rings. The van der Waals surface area contributed by atoms with Gasteiger partial charge in [-0.15, -0.1) is 0 Å². The number of anilines is 1. The lowest BCUT2D eigenvalue weighted by molar-refractivity contribution is 0.00906. The van der Waals surface area contributed by atoms with Gasteiger partial charge in [-0.25, -0.2) is 19.4 Å². The van der Waals surface area contributed by atoms with Gasteiger partial charge in [0.25, 0.3) is 0 Å². The lowest BCUT2D eigenvalue weighted by Gasteiger charge is -2.55. The van der Waals surface area contributed by atoms with Gasteiger partial charge in [-0.05, 0) is 26.3 Å². The van der Waals surface area contributed by atoms with Gasteiger partial charge >= 0.3 is 12.2 Å². The molecule has 0 N–H and O–H groups in total. The van der Waals surface area contributed by atoms with Crippen LogP contribution < -0.4 is 4.90 Å². The molecule has 2 atom stereocenters. The number of amides is 2. The van der Waals surface area contributed by atoms with Crippen molar-refractivity contribution >= 4 is 17.9 Å². The van der Waals surface area contributed by atoms with Gasteiger partial charge in [0.1, 0.15) is 6.07 Å². The Hall–Kier alpha value is -3.26. The van der Waals surface area contributed by atoms with Crippen molar-refractivity contribution in [1.29, 1.82) is 10.5 Å². The summed E-state index contributed by atoms with van der Waals surface area (Å²) >= 11 is 0. The predicted octanol–water partition coefficient (Wildman–Crippen LogP) is 3.88. The molecular weight excluding hydrogens is 360 g/mol. The molecule has 0 fully saturated rings. The SMILES string of the molecule is CCOC(=O)N1c2ccccc2C(C#N)(CC)N(C(=O)OCC)C1(C#N)CC. The first-order chi connectivity index (χ1) is 13.4. The average Bonchev–Trinajstić information content (AvgIpc) is 2.72. The molecule has 0 radical (unpaired) electrons. The molecule has 0 saturated heterocycles. The highest BCUT2D eigenvalue weighted by molar-refractivity contribution is 5.94. The summed E-state index contributed by atoms with van der Waals surface area (Å²) in [6.45, 7) is 6.88. The van der Waals surface area contributed by atoms with E-state index in [0.29, 0.717) is 11.3 Å². The van der Waals surface area contributed by atoms with E-state index in [0.717, 1.165) is 9.80 Å². The van der Waals surface area contributed by atoms with Crippen molar-refractivity contribution in [1.82, 2.24) is 4.90 Å². The Balaban J connectivity index is 2.96. The summed E-state index contributed by atoms with van der Waals surface area (Å²) in [7, 11) is 0. The fraction of sp³-hybridized carbons (Fsp3) is 0.500. The summed E-state index contributed by atoms with van der Waals surface area (Å²) in [5.41, 5.74) is -2.44. The Morgan fingerprint density at radius 2 is 1.57 bits per heavy atom. The van der Waals surface area contributed by atoms with Crippen molar-refractivity contribution in [3.05, 3.63) is 29.8 Å². The predicted molar refractivity (Wildman–Crippen MR) is 101 cm³/mol. The molecule has 148 valence electrons. The van der Waals surface area contributed by atoms with Crippen LogP contribution in [0.4, 0.5) is 15.3 Å². The minimum atomic E-state index is -1.78. The lowest BCUT2D eigenvalue weighted by atomic mass is 9.79. The molecule has 2 rings (SSSR count). The molecule has 2 amide bonds. The zero-order valence-electron chi connectivity index (χ0n) is 16.6. The third-order valence-corrected chi connectivity index (χ3v) is 4.98. The fourth-order valence-electron chi connectivity index (χ4n) is 3.72. The average molecular weight is 384 g/mol. The van der Waals surface area contributed by atoms with E-state index in [2.05, 4.69) is 12.1 Å². The van der Waals surface area contributed by atoms with Gasteiger partial charge < -0.3 is 9.47 Å². The molecular formula is C20H24N4O4. The molecule has 0 spiro atoms. The van der Waals surface area contributed by atoms with Gasteiger partial charge in [0.2, 0.25) is 5.66 Å². The van der Waals surface area contributed by atoms with Crippen LogP contribution in [0.1, 0.15) is 46.1 Å². The molecule has 1 aliphatic rings. The van der Waals surface area contributed by atoms with E-state index < -0.39 is 23.4 Å². The van der Waals surface area contributed by atoms with Crippen molar-refractivity contribution in [3.8, 4) is 12.1 Å².